The fraction of sp³-hybridized carbons (Fsp3) is 0.667. The van der Waals surface area contributed by atoms with Crippen LogP contribution in [0.4, 0.5) is 4.39 Å². The molecule has 21 heavy (non-hydrogen) atoms. The van der Waals surface area contributed by atoms with E-state index in [4.69, 9.17) is 0 Å². The van der Waals surface area contributed by atoms with E-state index in [-0.39, 0.29) is 5.82 Å². The second kappa shape index (κ2) is 8.28. The second-order valence-corrected chi connectivity index (χ2v) is 7.40. The highest BCUT2D eigenvalue weighted by Crippen LogP contribution is 2.38. The van der Waals surface area contributed by atoms with Gasteiger partial charge in [0.2, 0.25) is 0 Å². The summed E-state index contributed by atoms with van der Waals surface area (Å²) in [6.45, 7) is 3.32. The Morgan fingerprint density at radius 1 is 1.29 bits per heavy atom. The average molecular weight is 356 g/mol. The van der Waals surface area contributed by atoms with Crippen LogP contribution in [0.1, 0.15) is 44.6 Å². The van der Waals surface area contributed by atoms with Crippen LogP contribution in [0, 0.1) is 23.6 Å². The molecule has 0 amide bonds. The quantitative estimate of drug-likeness (QED) is 0.740. The van der Waals surface area contributed by atoms with E-state index in [0.29, 0.717) is 11.8 Å². The van der Waals surface area contributed by atoms with Crippen molar-refractivity contribution in [3.8, 4) is 0 Å². The van der Waals surface area contributed by atoms with E-state index < -0.39 is 0 Å². The molecule has 1 fully saturated rings. The predicted molar refractivity (Wildman–Crippen MR) is 91.0 cm³/mol. The Kier molecular flexibility index (Phi) is 6.69. The van der Waals surface area contributed by atoms with Crippen LogP contribution in [-0.2, 0) is 6.42 Å². The van der Waals surface area contributed by atoms with E-state index in [1.807, 2.05) is 19.2 Å². The molecule has 1 aromatic carbocycles. The maximum Gasteiger partial charge on any atom is 0.127 e. The lowest BCUT2D eigenvalue weighted by molar-refractivity contribution is 0.168. The fourth-order valence-corrected chi connectivity index (χ4v) is 4.18. The van der Waals surface area contributed by atoms with Gasteiger partial charge >= 0.3 is 0 Å². The molecule has 0 saturated heterocycles. The Morgan fingerprint density at radius 2 is 2.10 bits per heavy atom. The third kappa shape index (κ3) is 4.79. The SMILES string of the molecule is CCCC1CCC(CNC)C(Cc2ccc(Br)cc2F)C1. The van der Waals surface area contributed by atoms with E-state index in [2.05, 4.69) is 28.2 Å². The highest BCUT2D eigenvalue weighted by atomic mass is 79.9. The summed E-state index contributed by atoms with van der Waals surface area (Å²) in [6.07, 6.45) is 7.36. The second-order valence-electron chi connectivity index (χ2n) is 6.49. The molecule has 1 nitrogen and oxygen atoms in total. The van der Waals surface area contributed by atoms with E-state index in [9.17, 15) is 4.39 Å². The van der Waals surface area contributed by atoms with Gasteiger partial charge in [0.15, 0.2) is 0 Å². The van der Waals surface area contributed by atoms with Gasteiger partial charge in [0.1, 0.15) is 5.82 Å². The topological polar surface area (TPSA) is 12.0 Å². The third-order valence-electron chi connectivity index (χ3n) is 4.91. The summed E-state index contributed by atoms with van der Waals surface area (Å²) >= 11 is 3.34. The number of hydrogen-bond donors (Lipinski definition) is 1. The molecule has 0 bridgehead atoms. The Bertz CT molecular complexity index is 449. The van der Waals surface area contributed by atoms with E-state index in [0.717, 1.165) is 28.9 Å². The highest BCUT2D eigenvalue weighted by Gasteiger charge is 2.30. The number of rotatable bonds is 6. The van der Waals surface area contributed by atoms with Crippen molar-refractivity contribution in [3.63, 3.8) is 0 Å². The zero-order valence-corrected chi connectivity index (χ0v) is 14.8. The molecule has 1 aliphatic carbocycles. The molecule has 0 spiro atoms. The molecule has 2 rings (SSSR count). The molecular formula is C18H27BrFN. The molecule has 118 valence electrons. The van der Waals surface area contributed by atoms with Crippen LogP contribution in [0.2, 0.25) is 0 Å². The number of halogens is 2. The van der Waals surface area contributed by atoms with Crippen molar-refractivity contribution in [2.24, 2.45) is 17.8 Å². The van der Waals surface area contributed by atoms with Crippen molar-refractivity contribution in [1.29, 1.82) is 0 Å². The lowest BCUT2D eigenvalue weighted by Crippen LogP contribution is -2.33. The summed E-state index contributed by atoms with van der Waals surface area (Å²) in [5, 5.41) is 3.32. The minimum Gasteiger partial charge on any atom is -0.319 e. The van der Waals surface area contributed by atoms with Crippen molar-refractivity contribution >= 4 is 15.9 Å². The molecule has 3 heteroatoms. The smallest absolute Gasteiger partial charge is 0.127 e. The zero-order valence-electron chi connectivity index (χ0n) is 13.2. The Balaban J connectivity index is 2.07. The van der Waals surface area contributed by atoms with Gasteiger partial charge in [0.25, 0.3) is 0 Å². The van der Waals surface area contributed by atoms with Crippen LogP contribution in [-0.4, -0.2) is 13.6 Å². The van der Waals surface area contributed by atoms with Crippen molar-refractivity contribution in [2.45, 2.75) is 45.4 Å². The summed E-state index contributed by atoms with van der Waals surface area (Å²) in [4.78, 5) is 0. The molecule has 3 unspecified atom stereocenters. The largest absolute Gasteiger partial charge is 0.319 e. The molecule has 1 N–H and O–H groups in total. The van der Waals surface area contributed by atoms with Gasteiger partial charge in [-0.2, -0.15) is 0 Å². The lowest BCUT2D eigenvalue weighted by atomic mass is 9.70. The fourth-order valence-electron chi connectivity index (χ4n) is 3.84. The van der Waals surface area contributed by atoms with Gasteiger partial charge < -0.3 is 5.32 Å². The van der Waals surface area contributed by atoms with Crippen LogP contribution < -0.4 is 5.32 Å². The van der Waals surface area contributed by atoms with Gasteiger partial charge in [-0.3, -0.25) is 0 Å². The summed E-state index contributed by atoms with van der Waals surface area (Å²) in [7, 11) is 2.02. The Hall–Kier alpha value is -0.410. The lowest BCUT2D eigenvalue weighted by Gasteiger charge is -2.36. The molecule has 1 aromatic rings. The van der Waals surface area contributed by atoms with Crippen LogP contribution in [0.5, 0.6) is 0 Å². The van der Waals surface area contributed by atoms with E-state index in [1.165, 1.54) is 32.1 Å². The van der Waals surface area contributed by atoms with Gasteiger partial charge in [-0.05, 0) is 68.3 Å². The van der Waals surface area contributed by atoms with Crippen molar-refractivity contribution in [2.75, 3.05) is 13.6 Å². The standard InChI is InChI=1S/C18H27BrFN/c1-3-4-13-5-6-15(12-21-2)16(9-13)10-14-7-8-17(19)11-18(14)20/h7-8,11,13,15-16,21H,3-6,9-10,12H2,1-2H3. The summed E-state index contributed by atoms with van der Waals surface area (Å²) in [5.74, 6) is 2.07. The maximum absolute atomic E-state index is 14.1. The Labute approximate surface area is 136 Å². The van der Waals surface area contributed by atoms with Crippen LogP contribution in [0.15, 0.2) is 22.7 Å². The third-order valence-corrected chi connectivity index (χ3v) is 5.40. The van der Waals surface area contributed by atoms with Crippen molar-refractivity contribution in [3.05, 3.63) is 34.1 Å². The normalized spacial score (nSPS) is 26.0. The summed E-state index contributed by atoms with van der Waals surface area (Å²) in [5.41, 5.74) is 0.876. The van der Waals surface area contributed by atoms with Crippen LogP contribution in [0.25, 0.3) is 0 Å². The minimum atomic E-state index is -0.0646. The molecule has 0 aromatic heterocycles. The molecule has 1 saturated carbocycles. The monoisotopic (exact) mass is 355 g/mol. The maximum atomic E-state index is 14.1. The number of benzene rings is 1. The molecule has 1 aliphatic rings. The first-order valence-electron chi connectivity index (χ1n) is 8.22. The minimum absolute atomic E-state index is 0.0646. The summed E-state index contributed by atoms with van der Waals surface area (Å²) < 4.78 is 14.9. The zero-order chi connectivity index (χ0) is 15.2. The van der Waals surface area contributed by atoms with E-state index in [1.54, 1.807) is 6.07 Å². The van der Waals surface area contributed by atoms with Gasteiger partial charge in [-0.25, -0.2) is 4.39 Å². The van der Waals surface area contributed by atoms with Crippen LogP contribution in [0.3, 0.4) is 0 Å². The first-order valence-corrected chi connectivity index (χ1v) is 9.01. The van der Waals surface area contributed by atoms with Crippen LogP contribution >= 0.6 is 15.9 Å². The van der Waals surface area contributed by atoms with Crippen molar-refractivity contribution in [1.82, 2.24) is 5.32 Å². The molecule has 0 aliphatic heterocycles. The summed E-state index contributed by atoms with van der Waals surface area (Å²) in [6, 6.07) is 5.49. The van der Waals surface area contributed by atoms with Crippen molar-refractivity contribution < 1.29 is 4.39 Å². The number of hydrogen-bond acceptors (Lipinski definition) is 1. The first kappa shape index (κ1) is 17.0. The van der Waals surface area contributed by atoms with Gasteiger partial charge in [0, 0.05) is 4.47 Å². The molecule has 3 atom stereocenters. The average Bonchev–Trinajstić information content (AvgIpc) is 2.45. The molecular weight excluding hydrogens is 329 g/mol. The Morgan fingerprint density at radius 3 is 2.76 bits per heavy atom. The predicted octanol–water partition coefficient (Wildman–Crippen LogP) is 5.18. The molecule has 0 heterocycles. The van der Waals surface area contributed by atoms with Gasteiger partial charge in [-0.1, -0.05) is 48.2 Å². The highest BCUT2D eigenvalue weighted by molar-refractivity contribution is 9.10. The van der Waals surface area contributed by atoms with E-state index >= 15 is 0 Å². The van der Waals surface area contributed by atoms with Gasteiger partial charge in [0.05, 0.1) is 0 Å². The van der Waals surface area contributed by atoms with Gasteiger partial charge in [-0.15, -0.1) is 0 Å². The number of nitrogens with one attached hydrogen (secondary N) is 1. The first-order chi connectivity index (χ1) is 10.1. The molecule has 0 radical (unpaired) electrons.